The van der Waals surface area contributed by atoms with Crippen LogP contribution in [0.25, 0.3) is 0 Å². The Labute approximate surface area is 165 Å². The summed E-state index contributed by atoms with van der Waals surface area (Å²) in [6, 6.07) is 6.56. The number of rotatable bonds is 13. The van der Waals surface area contributed by atoms with Crippen LogP contribution in [0.1, 0.15) is 46.5 Å². The molecule has 0 saturated heterocycles. The Morgan fingerprint density at radius 2 is 1.70 bits per heavy atom. The Hall–Kier alpha value is -1.40. The van der Waals surface area contributed by atoms with Crippen LogP contribution in [0.2, 0.25) is 5.02 Å². The summed E-state index contributed by atoms with van der Waals surface area (Å²) in [5, 5.41) is 4.35. The summed E-state index contributed by atoms with van der Waals surface area (Å²) in [5.41, 5.74) is 0.111. The minimum atomic E-state index is -3.59. The summed E-state index contributed by atoms with van der Waals surface area (Å²) in [6.07, 6.45) is 3.00. The summed E-state index contributed by atoms with van der Waals surface area (Å²) in [4.78, 5) is 16.8. The molecule has 0 amide bonds. The molecule has 1 rings (SSSR count). The van der Waals surface area contributed by atoms with Crippen molar-refractivity contribution in [1.29, 1.82) is 0 Å². The van der Waals surface area contributed by atoms with Crippen LogP contribution in [-0.2, 0) is 23.2 Å². The highest BCUT2D eigenvalue weighted by Crippen LogP contribution is 2.51. The molecular weight excluding hydrogens is 393 g/mol. The predicted octanol–water partition coefficient (Wildman–Crippen LogP) is 5.42. The fourth-order valence-corrected chi connectivity index (χ4v) is 3.85. The van der Waals surface area contributed by atoms with Gasteiger partial charge < -0.3 is 18.6 Å². The van der Waals surface area contributed by atoms with Crippen molar-refractivity contribution in [2.45, 2.75) is 46.5 Å². The molecule has 9 heteroatoms. The molecule has 0 aliphatic carbocycles. The van der Waals surface area contributed by atoms with Gasteiger partial charge in [0.05, 0.1) is 13.2 Å². The van der Waals surface area contributed by atoms with Crippen molar-refractivity contribution in [2.75, 3.05) is 19.8 Å². The van der Waals surface area contributed by atoms with Crippen LogP contribution < -0.4 is 4.74 Å². The Morgan fingerprint density at radius 1 is 1.07 bits per heavy atom. The molecule has 0 fully saturated rings. The highest BCUT2D eigenvalue weighted by molar-refractivity contribution is 7.72. The quantitative estimate of drug-likeness (QED) is 0.139. The van der Waals surface area contributed by atoms with Crippen molar-refractivity contribution in [3.63, 3.8) is 0 Å². The number of hydrogen-bond donors (Lipinski definition) is 0. The standard InChI is InChI=1S/C18H27ClNO6P/c1-4-7-8-9-17(27(22,24-5-2)25-6-3)20-26-18(21)14-23-16-12-10-15(19)11-13-16/h10-13H,4-9,14H2,1-3H3. The lowest BCUT2D eigenvalue weighted by Crippen LogP contribution is -2.15. The van der Waals surface area contributed by atoms with E-state index in [0.29, 0.717) is 17.2 Å². The molecular formula is C18H27ClNO6P. The van der Waals surface area contributed by atoms with E-state index in [4.69, 9.17) is 30.2 Å². The van der Waals surface area contributed by atoms with E-state index >= 15 is 0 Å². The maximum atomic E-state index is 12.9. The smallest absolute Gasteiger partial charge is 0.378 e. The molecule has 0 bridgehead atoms. The third-order valence-corrected chi connectivity index (χ3v) is 5.73. The van der Waals surface area contributed by atoms with Gasteiger partial charge in [0.25, 0.3) is 0 Å². The lowest BCUT2D eigenvalue weighted by molar-refractivity contribution is -0.146. The van der Waals surface area contributed by atoms with Crippen LogP contribution in [0.5, 0.6) is 5.75 Å². The van der Waals surface area contributed by atoms with Crippen LogP contribution in [-0.4, -0.2) is 31.2 Å². The highest BCUT2D eigenvalue weighted by Gasteiger charge is 2.32. The summed E-state index contributed by atoms with van der Waals surface area (Å²) in [5.74, 6) is -0.254. The SMILES string of the molecule is CCCCCC(=NOC(=O)COc1ccc(Cl)cc1)P(=O)(OCC)OCC. The molecule has 0 spiro atoms. The molecule has 0 aliphatic heterocycles. The number of carbonyl (C=O) groups is 1. The van der Waals surface area contributed by atoms with Crippen molar-refractivity contribution in [2.24, 2.45) is 5.16 Å². The second kappa shape index (κ2) is 12.9. The number of benzene rings is 1. The first-order valence-corrected chi connectivity index (χ1v) is 10.9. The van der Waals surface area contributed by atoms with Crippen LogP contribution in [0, 0.1) is 0 Å². The third-order valence-electron chi connectivity index (χ3n) is 3.34. The van der Waals surface area contributed by atoms with E-state index in [1.54, 1.807) is 38.1 Å². The van der Waals surface area contributed by atoms with Gasteiger partial charge in [-0.25, -0.2) is 4.79 Å². The van der Waals surface area contributed by atoms with Crippen LogP contribution >= 0.6 is 19.2 Å². The molecule has 1 aromatic rings. The van der Waals surface area contributed by atoms with Crippen molar-refractivity contribution >= 4 is 30.6 Å². The number of oxime groups is 1. The monoisotopic (exact) mass is 419 g/mol. The van der Waals surface area contributed by atoms with Gasteiger partial charge in [-0.15, -0.1) is 0 Å². The maximum absolute atomic E-state index is 12.9. The first-order chi connectivity index (χ1) is 12.9. The zero-order valence-electron chi connectivity index (χ0n) is 16.0. The maximum Gasteiger partial charge on any atom is 0.378 e. The molecule has 0 atom stereocenters. The second-order valence-electron chi connectivity index (χ2n) is 5.50. The predicted molar refractivity (Wildman–Crippen MR) is 105 cm³/mol. The van der Waals surface area contributed by atoms with Crippen molar-refractivity contribution in [1.82, 2.24) is 0 Å². The molecule has 0 radical (unpaired) electrons. The Balaban J connectivity index is 2.74. The molecule has 0 saturated carbocycles. The minimum Gasteiger partial charge on any atom is -0.482 e. The minimum absolute atomic E-state index is 0.111. The Morgan fingerprint density at radius 3 is 2.26 bits per heavy atom. The zero-order chi connectivity index (χ0) is 20.1. The number of ether oxygens (including phenoxy) is 1. The van der Waals surface area contributed by atoms with Gasteiger partial charge in [-0.2, -0.15) is 0 Å². The lowest BCUT2D eigenvalue weighted by Gasteiger charge is -2.18. The largest absolute Gasteiger partial charge is 0.482 e. The van der Waals surface area contributed by atoms with Crippen LogP contribution in [0.3, 0.4) is 0 Å². The summed E-state index contributed by atoms with van der Waals surface area (Å²) in [6.45, 7) is 5.51. The van der Waals surface area contributed by atoms with Gasteiger partial charge in [0.2, 0.25) is 0 Å². The fraction of sp³-hybridized carbons (Fsp3) is 0.556. The first-order valence-electron chi connectivity index (χ1n) is 8.99. The van der Waals surface area contributed by atoms with Crippen molar-refractivity contribution in [3.05, 3.63) is 29.3 Å². The summed E-state index contributed by atoms with van der Waals surface area (Å²) >= 11 is 5.79. The van der Waals surface area contributed by atoms with Gasteiger partial charge in [0.1, 0.15) is 5.75 Å². The van der Waals surface area contributed by atoms with E-state index in [-0.39, 0.29) is 25.3 Å². The normalized spacial score (nSPS) is 12.1. The molecule has 0 N–H and O–H groups in total. The van der Waals surface area contributed by atoms with E-state index < -0.39 is 13.6 Å². The summed E-state index contributed by atoms with van der Waals surface area (Å²) in [7, 11) is -3.59. The Bertz CT molecular complexity index is 640. The van der Waals surface area contributed by atoms with Crippen molar-refractivity contribution in [3.8, 4) is 5.75 Å². The van der Waals surface area contributed by atoms with E-state index in [1.807, 2.05) is 0 Å². The number of halogens is 1. The summed E-state index contributed by atoms with van der Waals surface area (Å²) < 4.78 is 28.8. The number of unbranched alkanes of at least 4 members (excludes halogenated alkanes) is 2. The molecule has 1 aromatic carbocycles. The molecule has 0 aliphatic rings. The van der Waals surface area contributed by atoms with Gasteiger partial charge >= 0.3 is 13.6 Å². The zero-order valence-corrected chi connectivity index (χ0v) is 17.6. The lowest BCUT2D eigenvalue weighted by atomic mass is 10.2. The van der Waals surface area contributed by atoms with Gasteiger partial charge in [0.15, 0.2) is 12.1 Å². The van der Waals surface area contributed by atoms with E-state index in [0.717, 1.165) is 19.3 Å². The molecule has 152 valence electrons. The van der Waals surface area contributed by atoms with E-state index in [1.165, 1.54) is 0 Å². The number of nitrogens with zero attached hydrogens (tertiary/aromatic N) is 1. The van der Waals surface area contributed by atoms with E-state index in [2.05, 4.69) is 12.1 Å². The Kier molecular flexibility index (Phi) is 11.3. The molecule has 0 unspecified atom stereocenters. The van der Waals surface area contributed by atoms with Crippen LogP contribution in [0.4, 0.5) is 0 Å². The highest BCUT2D eigenvalue weighted by atomic mass is 35.5. The van der Waals surface area contributed by atoms with Gasteiger partial charge in [-0.1, -0.05) is 36.5 Å². The fourth-order valence-electron chi connectivity index (χ4n) is 2.09. The number of hydrogen-bond acceptors (Lipinski definition) is 7. The van der Waals surface area contributed by atoms with Crippen LogP contribution in [0.15, 0.2) is 29.4 Å². The first kappa shape index (κ1) is 23.6. The molecule has 0 heterocycles. The average molecular weight is 420 g/mol. The van der Waals surface area contributed by atoms with Gasteiger partial charge in [-0.3, -0.25) is 4.57 Å². The van der Waals surface area contributed by atoms with Gasteiger partial charge in [0, 0.05) is 11.4 Å². The average Bonchev–Trinajstić information content (AvgIpc) is 2.64. The molecule has 27 heavy (non-hydrogen) atoms. The third kappa shape index (κ3) is 8.89. The van der Waals surface area contributed by atoms with Crippen molar-refractivity contribution < 1.29 is 28.0 Å². The number of carbonyl (C=O) groups excluding carboxylic acids is 1. The van der Waals surface area contributed by atoms with Gasteiger partial charge in [-0.05, 0) is 44.5 Å². The topological polar surface area (TPSA) is 83.4 Å². The molecule has 0 aromatic heterocycles. The van der Waals surface area contributed by atoms with E-state index in [9.17, 15) is 9.36 Å². The molecule has 7 nitrogen and oxygen atoms in total. The second-order valence-corrected chi connectivity index (χ2v) is 7.97.